The van der Waals surface area contributed by atoms with Gasteiger partial charge in [-0.25, -0.2) is 0 Å². The van der Waals surface area contributed by atoms with Crippen LogP contribution in [0.25, 0.3) is 0 Å². The number of hydroxylamine groups is 1. The molecule has 1 aromatic carbocycles. The van der Waals surface area contributed by atoms with E-state index in [9.17, 15) is 0 Å². The first-order chi connectivity index (χ1) is 7.38. The second kappa shape index (κ2) is 7.23. The third-order valence-electron chi connectivity index (χ3n) is 1.95. The van der Waals surface area contributed by atoms with Crippen LogP contribution in [0.5, 0.6) is 5.75 Å². The standard InChI is InChI=1S/C11H17NO3/c1-13-7-8-15-12-9-10-5-3-4-6-11(10)14-2/h3-6,12H,7-9H2,1-2H3. The van der Waals surface area contributed by atoms with Crippen LogP contribution in [-0.4, -0.2) is 27.4 Å². The number of rotatable bonds is 7. The fraction of sp³-hybridized carbons (Fsp3) is 0.455. The van der Waals surface area contributed by atoms with Crippen LogP contribution >= 0.6 is 0 Å². The molecular formula is C11H17NO3. The van der Waals surface area contributed by atoms with Crippen molar-refractivity contribution in [1.29, 1.82) is 0 Å². The van der Waals surface area contributed by atoms with Gasteiger partial charge in [0.25, 0.3) is 0 Å². The maximum absolute atomic E-state index is 5.20. The molecule has 84 valence electrons. The molecule has 0 unspecified atom stereocenters. The topological polar surface area (TPSA) is 39.7 Å². The smallest absolute Gasteiger partial charge is 0.123 e. The van der Waals surface area contributed by atoms with Crippen LogP contribution in [0.1, 0.15) is 5.56 Å². The molecule has 0 heterocycles. The van der Waals surface area contributed by atoms with Crippen LogP contribution in [-0.2, 0) is 16.1 Å². The molecule has 0 radical (unpaired) electrons. The van der Waals surface area contributed by atoms with Gasteiger partial charge >= 0.3 is 0 Å². The molecule has 0 aliphatic carbocycles. The zero-order chi connectivity index (χ0) is 10.9. The van der Waals surface area contributed by atoms with Crippen LogP contribution in [0.15, 0.2) is 24.3 Å². The zero-order valence-electron chi connectivity index (χ0n) is 9.16. The zero-order valence-corrected chi connectivity index (χ0v) is 9.16. The largest absolute Gasteiger partial charge is 0.496 e. The quantitative estimate of drug-likeness (QED) is 0.546. The monoisotopic (exact) mass is 211 g/mol. The summed E-state index contributed by atoms with van der Waals surface area (Å²) in [5.41, 5.74) is 3.92. The Bertz CT molecular complexity index is 278. The molecule has 0 atom stereocenters. The summed E-state index contributed by atoms with van der Waals surface area (Å²) in [6.45, 7) is 1.73. The Balaban J connectivity index is 2.30. The van der Waals surface area contributed by atoms with Crippen molar-refractivity contribution in [3.05, 3.63) is 29.8 Å². The molecule has 0 saturated carbocycles. The van der Waals surface area contributed by atoms with Crippen molar-refractivity contribution in [2.45, 2.75) is 6.54 Å². The highest BCUT2D eigenvalue weighted by Gasteiger charge is 2.00. The summed E-state index contributed by atoms with van der Waals surface area (Å²) in [6.07, 6.45) is 0. The van der Waals surface area contributed by atoms with Gasteiger partial charge in [0.05, 0.1) is 20.3 Å². The van der Waals surface area contributed by atoms with Crippen LogP contribution < -0.4 is 10.2 Å². The Kier molecular flexibility index (Phi) is 5.77. The highest BCUT2D eigenvalue weighted by Crippen LogP contribution is 2.16. The number of benzene rings is 1. The molecule has 1 rings (SSSR count). The lowest BCUT2D eigenvalue weighted by molar-refractivity contribution is 0.00322. The third-order valence-corrected chi connectivity index (χ3v) is 1.95. The molecule has 4 nitrogen and oxygen atoms in total. The normalized spacial score (nSPS) is 10.3. The maximum atomic E-state index is 5.20. The van der Waals surface area contributed by atoms with Crippen molar-refractivity contribution in [1.82, 2.24) is 5.48 Å². The first-order valence-electron chi connectivity index (χ1n) is 4.84. The summed E-state index contributed by atoms with van der Waals surface area (Å²) in [5, 5.41) is 0. The van der Waals surface area contributed by atoms with Gasteiger partial charge in [0.2, 0.25) is 0 Å². The van der Waals surface area contributed by atoms with Crippen molar-refractivity contribution >= 4 is 0 Å². The SMILES string of the molecule is COCCONCc1ccccc1OC. The number of hydrogen-bond donors (Lipinski definition) is 1. The Hall–Kier alpha value is -1.10. The number of hydrogen-bond acceptors (Lipinski definition) is 4. The molecule has 0 bridgehead atoms. The van der Waals surface area contributed by atoms with Gasteiger partial charge in [-0.2, -0.15) is 5.48 Å². The molecule has 0 aliphatic heterocycles. The van der Waals surface area contributed by atoms with Crippen molar-refractivity contribution in [2.24, 2.45) is 0 Å². The average molecular weight is 211 g/mol. The Morgan fingerprint density at radius 3 is 2.67 bits per heavy atom. The van der Waals surface area contributed by atoms with E-state index in [4.69, 9.17) is 14.3 Å². The third kappa shape index (κ3) is 4.29. The van der Waals surface area contributed by atoms with E-state index in [1.807, 2.05) is 24.3 Å². The predicted octanol–water partition coefficient (Wildman–Crippen LogP) is 1.36. The van der Waals surface area contributed by atoms with Gasteiger partial charge in [-0.3, -0.25) is 4.84 Å². The molecule has 4 heteroatoms. The first kappa shape index (κ1) is 12.0. The fourth-order valence-corrected chi connectivity index (χ4v) is 1.17. The average Bonchev–Trinajstić information content (AvgIpc) is 2.29. The van der Waals surface area contributed by atoms with Gasteiger partial charge in [-0.05, 0) is 6.07 Å². The minimum Gasteiger partial charge on any atom is -0.496 e. The summed E-state index contributed by atoms with van der Waals surface area (Å²) in [5.74, 6) is 0.861. The summed E-state index contributed by atoms with van der Waals surface area (Å²) in [4.78, 5) is 5.15. The number of para-hydroxylation sites is 1. The second-order valence-corrected chi connectivity index (χ2v) is 2.97. The molecule has 0 fully saturated rings. The Morgan fingerprint density at radius 1 is 1.13 bits per heavy atom. The van der Waals surface area contributed by atoms with Crippen LogP contribution in [0.4, 0.5) is 0 Å². The summed E-state index contributed by atoms with van der Waals surface area (Å²) >= 11 is 0. The van der Waals surface area contributed by atoms with Crippen molar-refractivity contribution in [2.75, 3.05) is 27.4 Å². The highest BCUT2D eigenvalue weighted by molar-refractivity contribution is 5.32. The first-order valence-corrected chi connectivity index (χ1v) is 4.84. The predicted molar refractivity (Wildman–Crippen MR) is 57.7 cm³/mol. The maximum Gasteiger partial charge on any atom is 0.123 e. The van der Waals surface area contributed by atoms with Gasteiger partial charge in [0.1, 0.15) is 5.75 Å². The molecule has 0 aliphatic rings. The summed E-state index contributed by atoms with van der Waals surface area (Å²) in [6, 6.07) is 7.82. The minimum absolute atomic E-state index is 0.533. The van der Waals surface area contributed by atoms with E-state index in [1.54, 1.807) is 14.2 Å². The fourth-order valence-electron chi connectivity index (χ4n) is 1.17. The van der Waals surface area contributed by atoms with Gasteiger partial charge < -0.3 is 9.47 Å². The molecule has 0 saturated heterocycles. The Morgan fingerprint density at radius 2 is 1.93 bits per heavy atom. The lowest BCUT2D eigenvalue weighted by Gasteiger charge is -2.09. The molecule has 15 heavy (non-hydrogen) atoms. The minimum atomic E-state index is 0.533. The number of methoxy groups -OCH3 is 2. The Labute approximate surface area is 90.1 Å². The van der Waals surface area contributed by atoms with Gasteiger partial charge in [-0.15, -0.1) is 0 Å². The molecule has 1 aromatic rings. The molecule has 1 N–H and O–H groups in total. The van der Waals surface area contributed by atoms with E-state index < -0.39 is 0 Å². The van der Waals surface area contributed by atoms with Crippen molar-refractivity contribution in [3.8, 4) is 5.75 Å². The second-order valence-electron chi connectivity index (χ2n) is 2.97. The van der Waals surface area contributed by atoms with E-state index in [0.29, 0.717) is 19.8 Å². The molecule has 0 aromatic heterocycles. The lowest BCUT2D eigenvalue weighted by atomic mass is 10.2. The van der Waals surface area contributed by atoms with E-state index >= 15 is 0 Å². The lowest BCUT2D eigenvalue weighted by Crippen LogP contribution is -2.17. The van der Waals surface area contributed by atoms with Gasteiger partial charge in [-0.1, -0.05) is 18.2 Å². The van der Waals surface area contributed by atoms with E-state index in [0.717, 1.165) is 11.3 Å². The van der Waals surface area contributed by atoms with Gasteiger partial charge in [0, 0.05) is 19.2 Å². The molecular weight excluding hydrogens is 194 g/mol. The van der Waals surface area contributed by atoms with Crippen molar-refractivity contribution in [3.63, 3.8) is 0 Å². The van der Waals surface area contributed by atoms with Crippen LogP contribution in [0, 0.1) is 0 Å². The van der Waals surface area contributed by atoms with E-state index in [-0.39, 0.29) is 0 Å². The number of nitrogens with one attached hydrogen (secondary N) is 1. The van der Waals surface area contributed by atoms with Crippen molar-refractivity contribution < 1.29 is 14.3 Å². The summed E-state index contributed by atoms with van der Waals surface area (Å²) < 4.78 is 10.1. The highest BCUT2D eigenvalue weighted by atomic mass is 16.7. The van der Waals surface area contributed by atoms with Crippen LogP contribution in [0.3, 0.4) is 0 Å². The molecule has 0 amide bonds. The molecule has 0 spiro atoms. The number of ether oxygens (including phenoxy) is 2. The van der Waals surface area contributed by atoms with Gasteiger partial charge in [0.15, 0.2) is 0 Å². The van der Waals surface area contributed by atoms with E-state index in [2.05, 4.69) is 5.48 Å². The van der Waals surface area contributed by atoms with E-state index in [1.165, 1.54) is 0 Å². The summed E-state index contributed by atoms with van der Waals surface area (Å²) in [7, 11) is 3.30. The van der Waals surface area contributed by atoms with Crippen LogP contribution in [0.2, 0.25) is 0 Å².